The van der Waals surface area contributed by atoms with E-state index in [1.54, 1.807) is 55.4 Å². The van der Waals surface area contributed by atoms with E-state index in [1.165, 1.54) is 77.0 Å². The summed E-state index contributed by atoms with van der Waals surface area (Å²) in [6, 6.07) is 0. The zero-order valence-electron chi connectivity index (χ0n) is 80.2. The van der Waals surface area contributed by atoms with Gasteiger partial charge in [0.2, 0.25) is 0 Å². The van der Waals surface area contributed by atoms with Crippen molar-refractivity contribution in [1.29, 1.82) is 1.23 Å². The SMILES string of the molecule is C.C.C.C.C.C.CBr.CBr.CBr.CBr.CBr.CC.CC.CC.CC.CC.CC(=O)CC1(O)CC1.CC(=O)CC1(O[Si](C)(C)C(C)(C)C)CC1.CC(C)(C)S(N)=O.CC1(CC2(O)CC2)OCCO1.CCO.CCO.CCO.CCO.CCOC(=O)CC(C)=O.CCOC(=O)CC1(C)OCCO1.Cl.F.II.OCCO.[3H][Si](C)(C)C(C)(C)C.[B].[HH].[K][K].[Ti]. The average Bonchev–Trinajstić information content (AvgIpc) is 1.63. The van der Waals surface area contributed by atoms with E-state index in [0.717, 1.165) is 38.5 Å². The van der Waals surface area contributed by atoms with E-state index >= 15 is 0 Å². The number of esters is 2. The van der Waals surface area contributed by atoms with E-state index in [2.05, 4.69) is 189 Å². The maximum Gasteiger partial charge on any atom is 0 e. The molecule has 38 heteroatoms. The molecule has 2 aliphatic heterocycles. The topological polar surface area (TPSA) is 355 Å². The molecule has 0 aromatic carbocycles. The number of Topliss-reactive ketones (excluding diaryl/α,β-unsaturated/α-hetero) is 3. The van der Waals surface area contributed by atoms with Crippen LogP contribution >= 0.6 is 129 Å². The third-order valence-corrected chi connectivity index (χ3v) is 20.8. The summed E-state index contributed by atoms with van der Waals surface area (Å²) in [4.78, 5) is 53.2. The number of alkyl halides is 5. The van der Waals surface area contributed by atoms with Crippen LogP contribution in [-0.2, 0) is 89.5 Å². The molecule has 119 heavy (non-hydrogen) atoms. The van der Waals surface area contributed by atoms with Crippen molar-refractivity contribution in [1.82, 2.24) is 0 Å². The summed E-state index contributed by atoms with van der Waals surface area (Å²) in [5.41, 5.74) is -1.13. The summed E-state index contributed by atoms with van der Waals surface area (Å²) < 4.78 is 54.6. The average molecular weight is 2460 g/mol. The van der Waals surface area contributed by atoms with Gasteiger partial charge in [-0.25, -0.2) is 4.21 Å². The van der Waals surface area contributed by atoms with Crippen molar-refractivity contribution in [2.45, 2.75) is 392 Å². The Morgan fingerprint density at radius 2 is 0.739 bits per heavy atom. The van der Waals surface area contributed by atoms with Crippen LogP contribution in [0.2, 0.25) is 36.3 Å². The zero-order chi connectivity index (χ0) is 93.7. The van der Waals surface area contributed by atoms with Crippen LogP contribution in [0, 0.1) is 0 Å². The Labute approximate surface area is 881 Å². The molecule has 0 aromatic rings. The number of ether oxygens (including phenoxy) is 6. The molecule has 5 aliphatic rings. The fourth-order valence-electron chi connectivity index (χ4n) is 5.51. The van der Waals surface area contributed by atoms with Gasteiger partial charge in [0.05, 0.1) is 91.8 Å². The van der Waals surface area contributed by atoms with Gasteiger partial charge in [-0.3, -0.25) is 33.8 Å². The molecule has 5 rings (SSSR count). The quantitative estimate of drug-likeness (QED) is 0.0242. The van der Waals surface area contributed by atoms with Gasteiger partial charge in [0.1, 0.15) is 23.8 Å². The second-order valence-corrected chi connectivity index (χ2v) is 34.7. The zero-order valence-corrected chi connectivity index (χ0v) is 103. The molecule has 3 radical (unpaired) electrons. The van der Waals surface area contributed by atoms with Crippen molar-refractivity contribution in [3.8, 4) is 0 Å². The van der Waals surface area contributed by atoms with Crippen LogP contribution in [0.5, 0.6) is 0 Å². The number of hydrogen-bond donors (Lipinski definition) is 9. The van der Waals surface area contributed by atoms with Crippen LogP contribution in [-0.4, -0.2) is 306 Å². The summed E-state index contributed by atoms with van der Waals surface area (Å²) >= 11 is 21.4. The molecule has 3 saturated carbocycles. The van der Waals surface area contributed by atoms with Crippen LogP contribution in [0.4, 0.5) is 4.70 Å². The molecule has 2 heterocycles. The maximum atomic E-state index is 11.2. The van der Waals surface area contributed by atoms with Gasteiger partial charge in [-0.15, -0.1) is 12.4 Å². The number of ketones is 3. The van der Waals surface area contributed by atoms with Crippen molar-refractivity contribution in [2.75, 3.05) is 108 Å². The van der Waals surface area contributed by atoms with Crippen LogP contribution < -0.4 is 5.14 Å². The summed E-state index contributed by atoms with van der Waals surface area (Å²) in [5, 5.41) is 69.7. The molecule has 0 spiro atoms. The van der Waals surface area contributed by atoms with Crippen LogP contribution in [0.3, 0.4) is 0 Å². The molecule has 0 aromatic heterocycles. The Balaban J connectivity index is -0.0000000264. The van der Waals surface area contributed by atoms with Gasteiger partial charge in [0.15, 0.2) is 19.9 Å². The maximum absolute atomic E-state index is 11.2. The third-order valence-electron chi connectivity index (χ3n) is 12.0. The van der Waals surface area contributed by atoms with Crippen LogP contribution in [0.1, 0.15) is 324 Å². The van der Waals surface area contributed by atoms with E-state index in [1.807, 2.05) is 126 Å². The second kappa shape index (κ2) is 152. The van der Waals surface area contributed by atoms with E-state index in [4.69, 9.17) is 70.2 Å². The molecule has 0 bridgehead atoms. The smallest absolute Gasteiger partial charge is 0 e. The number of nitrogens with two attached hydrogens (primary N) is 1. The van der Waals surface area contributed by atoms with Gasteiger partial charge in [0.25, 0.3) is 0 Å². The Morgan fingerprint density at radius 1 is 0.521 bits per heavy atom. The molecule has 3 aliphatic carbocycles. The molecule has 743 valence electrons. The van der Waals surface area contributed by atoms with Gasteiger partial charge in [0, 0.05) is 124 Å². The summed E-state index contributed by atoms with van der Waals surface area (Å²) in [7, 11) is -4.49. The Kier molecular flexibility index (Phi) is 262. The van der Waals surface area contributed by atoms with Crippen molar-refractivity contribution >= 4 is 258 Å². The number of halogens is 9. The predicted molar refractivity (Wildman–Crippen MR) is 572 cm³/mol. The molecular weight excluding hydrogens is 2260 g/mol. The number of aliphatic hydroxyl groups is 8. The van der Waals surface area contributed by atoms with Gasteiger partial charge < -0.3 is 73.7 Å². The normalized spacial score (nSPS) is 13.2. The molecule has 1 unspecified atom stereocenters. The van der Waals surface area contributed by atoms with E-state index in [9.17, 15) is 33.3 Å². The first-order valence-electron chi connectivity index (χ1n) is 38.3. The summed E-state index contributed by atoms with van der Waals surface area (Å²) in [5.74, 6) is 7.27. The summed E-state index contributed by atoms with van der Waals surface area (Å²) in [6.07, 6.45) is 7.21. The first kappa shape index (κ1) is 204. The van der Waals surface area contributed by atoms with Crippen molar-refractivity contribution in [3.05, 3.63) is 0 Å². The molecule has 22 nitrogen and oxygen atoms in total. The first-order valence-corrected chi connectivity index (χ1v) is 74.6. The Bertz CT molecular complexity index is 1850. The molecule has 5 fully saturated rings. The molecular formula is C81H202BBr5ClFI2K2NO21SSi2Ti. The number of aliphatic hydroxyl groups excluding tert-OH is 6. The molecule has 10 N–H and O–H groups in total. The van der Waals surface area contributed by atoms with E-state index in [0.29, 0.717) is 58.9 Å². The molecule has 1 atom stereocenters. The minimum atomic E-state index is -1.70. The van der Waals surface area contributed by atoms with Gasteiger partial charge in [-0.1, -0.05) is 248 Å². The number of rotatable bonds is 15. The fourth-order valence-corrected chi connectivity index (χ4v) is 7.18. The van der Waals surface area contributed by atoms with Crippen molar-refractivity contribution in [2.24, 2.45) is 5.14 Å². The van der Waals surface area contributed by atoms with Gasteiger partial charge >= 0.3 is 75.1 Å². The Morgan fingerprint density at radius 3 is 0.891 bits per heavy atom. The van der Waals surface area contributed by atoms with Gasteiger partial charge in [-0.2, -0.15) is 0 Å². The molecule has 2 saturated heterocycles. The minimum absolute atomic E-state index is 0. The van der Waals surface area contributed by atoms with E-state index in [-0.39, 0.29) is 189 Å². The number of hydrogen-bond acceptors (Lipinski definition) is 21. The fraction of sp³-hybridized carbons (Fsp3) is 0.938. The van der Waals surface area contributed by atoms with Gasteiger partial charge in [-0.05, 0) is 188 Å². The second-order valence-electron chi connectivity index (χ2n) is 24.6. The third kappa shape index (κ3) is 192. The van der Waals surface area contributed by atoms with E-state index < -0.39 is 56.8 Å². The number of carbonyl (C=O) groups is 5. The monoisotopic (exact) mass is 2450 g/mol. The van der Waals surface area contributed by atoms with Crippen molar-refractivity contribution < 1.29 is 130 Å². The predicted octanol–water partition coefficient (Wildman–Crippen LogP) is 23.0. The summed E-state index contributed by atoms with van der Waals surface area (Å²) in [6.45, 7) is 69.6. The Hall–Kier alpha value is 6.11. The standard InChI is InChI=1S/C12H24O2Si.C8H14O4.C8H14O3.C6H10O3.C6H10O2.C6H16Si.C4H11NOS.C2H6O2.4C2H6O.5C2H6.5CH3Br.6CH4.B.ClH.FH.I2.2K.Ti.H2/c1-10(13)9-12(7-8-12)14-15(5,6)11(2,3)4;1-3-10-7(9)6-8(2)11-4-5-12-8;1-7(10-4-5-11-7)6-8(9)2-3-8;1-3-9-6(8)4-5(2)7;1-5(7)4-6(8)2-3-6;1-6(2,3)7(4)5;1-4(2,3)7(5)6;3-1-2-4;4*1-2-3;10*1-2;;;;;;;;;;1-2;;;;/h7-9H2,1-6H3;3-6H2,1-2H3;9H,2-6H2,1H3;3-4H2,1-2H3;8H,2-4H2,1H3;7H,1-5H3;5H2,1-3H3;3-4H,1-2H2;4*3H,2H2,1H3;5*1-2H3;5*1H3;6*1H4;;2*1H;;;;;1H/i;;;;;7T;;;;;;;;;;;;;;;;;;;;;;;;;;;;;;. The first-order chi connectivity index (χ1) is 50.9. The minimum Gasteiger partial charge on any atom is 0 e. The number of carbonyl (C=O) groups excluding carboxylic acids is 5. The molecule has 0 amide bonds. The van der Waals surface area contributed by atoms with Crippen LogP contribution in [0.25, 0.3) is 0 Å². The largest absolute Gasteiger partial charge is 0 e. The van der Waals surface area contributed by atoms with Crippen LogP contribution in [0.15, 0.2) is 0 Å². The van der Waals surface area contributed by atoms with Crippen molar-refractivity contribution in [3.63, 3.8) is 0 Å².